The maximum absolute atomic E-state index is 12.4. The van der Waals surface area contributed by atoms with Crippen LogP contribution in [0, 0.1) is 5.41 Å². The van der Waals surface area contributed by atoms with Gasteiger partial charge in [-0.2, -0.15) is 0 Å². The van der Waals surface area contributed by atoms with Crippen LogP contribution in [0.2, 0.25) is 0 Å². The molecule has 1 saturated heterocycles. The van der Waals surface area contributed by atoms with E-state index in [4.69, 9.17) is 20.6 Å². The minimum absolute atomic E-state index is 0.0544. The number of esters is 1. The van der Waals surface area contributed by atoms with E-state index < -0.39 is 18.2 Å². The second kappa shape index (κ2) is 10.5. The third kappa shape index (κ3) is 5.83. The summed E-state index contributed by atoms with van der Waals surface area (Å²) in [6.45, 7) is 0.445. The van der Waals surface area contributed by atoms with E-state index in [1.54, 1.807) is 48.5 Å². The van der Waals surface area contributed by atoms with Crippen molar-refractivity contribution in [2.45, 2.75) is 19.3 Å². The molecule has 9 heteroatoms. The van der Waals surface area contributed by atoms with Crippen molar-refractivity contribution in [2.24, 2.45) is 5.73 Å². The van der Waals surface area contributed by atoms with Gasteiger partial charge in [0.05, 0.1) is 6.54 Å². The van der Waals surface area contributed by atoms with Crippen LogP contribution in [0.3, 0.4) is 0 Å². The van der Waals surface area contributed by atoms with Crippen LogP contribution in [-0.2, 0) is 27.4 Å². The molecule has 1 heterocycles. The summed E-state index contributed by atoms with van der Waals surface area (Å²) in [6, 6.07) is 22.7. The normalized spacial score (nSPS) is 14.8. The third-order valence-corrected chi connectivity index (χ3v) is 5.46. The van der Waals surface area contributed by atoms with E-state index in [0.29, 0.717) is 16.8 Å². The number of hydrogen-bond donors (Lipinski definition) is 3. The van der Waals surface area contributed by atoms with Gasteiger partial charge in [0.25, 0.3) is 5.91 Å². The Hall–Kier alpha value is -4.66. The summed E-state index contributed by atoms with van der Waals surface area (Å²) >= 11 is 0. The molecule has 3 aromatic rings. The molecule has 4 N–H and O–H groups in total. The van der Waals surface area contributed by atoms with Crippen LogP contribution in [0.5, 0.6) is 0 Å². The molecule has 0 saturated carbocycles. The second-order valence-electron chi connectivity index (χ2n) is 7.92. The molecule has 9 nitrogen and oxygen atoms in total. The predicted molar refractivity (Wildman–Crippen MR) is 129 cm³/mol. The zero-order valence-electron chi connectivity index (χ0n) is 18.8. The number of rotatable bonds is 8. The lowest BCUT2D eigenvalue weighted by Gasteiger charge is -2.14. The summed E-state index contributed by atoms with van der Waals surface area (Å²) in [5.41, 5.74) is 8.67. The number of nitrogens with two attached hydrogens (primary N) is 1. The van der Waals surface area contributed by atoms with E-state index >= 15 is 0 Å². The first-order chi connectivity index (χ1) is 16.9. The average Bonchev–Trinajstić information content (AvgIpc) is 3.28. The lowest BCUT2D eigenvalue weighted by molar-refractivity contribution is -0.152. The van der Waals surface area contributed by atoms with Crippen LogP contribution >= 0.6 is 0 Å². The highest BCUT2D eigenvalue weighted by molar-refractivity contribution is 5.98. The SMILES string of the molecule is N=C(N)c1ccc(C(=O)NCc2ccc(N3CC(C(=O)OCc4ccccc4)OC3=O)cc2)cc1. The van der Waals surface area contributed by atoms with Crippen molar-refractivity contribution in [2.75, 3.05) is 11.4 Å². The van der Waals surface area contributed by atoms with Crippen molar-refractivity contribution in [1.29, 1.82) is 5.41 Å². The zero-order chi connectivity index (χ0) is 24.8. The minimum Gasteiger partial charge on any atom is -0.458 e. The molecule has 178 valence electrons. The highest BCUT2D eigenvalue weighted by Gasteiger charge is 2.38. The van der Waals surface area contributed by atoms with Crippen LogP contribution < -0.4 is 16.0 Å². The maximum atomic E-state index is 12.4. The van der Waals surface area contributed by atoms with Gasteiger partial charge >= 0.3 is 12.1 Å². The van der Waals surface area contributed by atoms with Crippen LogP contribution in [0.1, 0.15) is 27.0 Å². The fraction of sp³-hybridized carbons (Fsp3) is 0.154. The Morgan fingerprint density at radius 1 is 0.971 bits per heavy atom. The number of amidine groups is 1. The Bertz CT molecular complexity index is 1230. The summed E-state index contributed by atoms with van der Waals surface area (Å²) < 4.78 is 10.5. The number of cyclic esters (lactones) is 1. The van der Waals surface area contributed by atoms with Crippen molar-refractivity contribution in [3.63, 3.8) is 0 Å². The van der Waals surface area contributed by atoms with Crippen LogP contribution in [0.15, 0.2) is 78.9 Å². The van der Waals surface area contributed by atoms with Gasteiger partial charge in [-0.05, 0) is 35.4 Å². The fourth-order valence-electron chi connectivity index (χ4n) is 3.50. The molecule has 0 aliphatic carbocycles. The Morgan fingerprint density at radius 3 is 2.29 bits per heavy atom. The monoisotopic (exact) mass is 472 g/mol. The molecule has 0 radical (unpaired) electrons. The molecule has 1 aliphatic heterocycles. The molecule has 35 heavy (non-hydrogen) atoms. The molecule has 1 fully saturated rings. The van der Waals surface area contributed by atoms with E-state index in [0.717, 1.165) is 11.1 Å². The number of nitrogens with one attached hydrogen (secondary N) is 2. The summed E-state index contributed by atoms with van der Waals surface area (Å²) in [5, 5.41) is 10.2. The van der Waals surface area contributed by atoms with E-state index in [2.05, 4.69) is 5.32 Å². The summed E-state index contributed by atoms with van der Waals surface area (Å²) in [4.78, 5) is 38.4. The summed E-state index contributed by atoms with van der Waals surface area (Å²) in [6.07, 6.45) is -1.62. The second-order valence-corrected chi connectivity index (χ2v) is 7.92. The number of amides is 2. The van der Waals surface area contributed by atoms with Gasteiger partial charge in [-0.15, -0.1) is 0 Å². The van der Waals surface area contributed by atoms with Gasteiger partial charge in [0.2, 0.25) is 6.10 Å². The molecule has 3 aromatic carbocycles. The number of ether oxygens (including phenoxy) is 2. The predicted octanol–water partition coefficient (Wildman–Crippen LogP) is 2.97. The van der Waals surface area contributed by atoms with Crippen molar-refractivity contribution in [3.8, 4) is 0 Å². The van der Waals surface area contributed by atoms with E-state index in [1.165, 1.54) is 4.90 Å². The molecule has 1 unspecified atom stereocenters. The first kappa shape index (κ1) is 23.5. The number of hydrogen-bond acceptors (Lipinski definition) is 6. The largest absolute Gasteiger partial charge is 0.458 e. The number of nitrogens with zero attached hydrogens (tertiary/aromatic N) is 1. The lowest BCUT2D eigenvalue weighted by atomic mass is 10.1. The fourth-order valence-corrected chi connectivity index (χ4v) is 3.50. The molecular formula is C26H24N4O5. The van der Waals surface area contributed by atoms with Crippen molar-refractivity contribution >= 4 is 29.5 Å². The molecule has 2 amide bonds. The minimum atomic E-state index is -1.00. The molecule has 0 spiro atoms. The molecule has 0 aromatic heterocycles. The van der Waals surface area contributed by atoms with Crippen LogP contribution in [0.4, 0.5) is 10.5 Å². The van der Waals surface area contributed by atoms with E-state index in [1.807, 2.05) is 30.3 Å². The first-order valence-corrected chi connectivity index (χ1v) is 10.9. The van der Waals surface area contributed by atoms with Gasteiger partial charge in [0.1, 0.15) is 12.4 Å². The number of nitrogen functional groups attached to an aromatic ring is 1. The third-order valence-electron chi connectivity index (χ3n) is 5.46. The highest BCUT2D eigenvalue weighted by atomic mass is 16.6. The zero-order valence-corrected chi connectivity index (χ0v) is 18.8. The average molecular weight is 473 g/mol. The number of carbonyl (C=O) groups excluding carboxylic acids is 3. The van der Waals surface area contributed by atoms with Gasteiger partial charge in [0, 0.05) is 23.4 Å². The lowest BCUT2D eigenvalue weighted by Crippen LogP contribution is -2.29. The van der Waals surface area contributed by atoms with Crippen molar-refractivity contribution in [1.82, 2.24) is 5.32 Å². The maximum Gasteiger partial charge on any atom is 0.415 e. The summed E-state index contributed by atoms with van der Waals surface area (Å²) in [7, 11) is 0. The Kier molecular flexibility index (Phi) is 7.06. The van der Waals surface area contributed by atoms with Crippen LogP contribution in [0.25, 0.3) is 0 Å². The number of benzene rings is 3. The van der Waals surface area contributed by atoms with Gasteiger partial charge < -0.3 is 20.5 Å². The first-order valence-electron chi connectivity index (χ1n) is 10.9. The number of anilines is 1. The topological polar surface area (TPSA) is 135 Å². The Morgan fingerprint density at radius 2 is 1.63 bits per heavy atom. The van der Waals surface area contributed by atoms with Crippen molar-refractivity contribution in [3.05, 3.63) is 101 Å². The van der Waals surface area contributed by atoms with E-state index in [9.17, 15) is 14.4 Å². The van der Waals surface area contributed by atoms with Gasteiger partial charge in [0.15, 0.2) is 0 Å². The molecule has 0 bridgehead atoms. The smallest absolute Gasteiger partial charge is 0.415 e. The Balaban J connectivity index is 1.29. The summed E-state index contributed by atoms with van der Waals surface area (Å²) in [5.74, 6) is -0.918. The molecule has 1 aliphatic rings. The molecular weight excluding hydrogens is 448 g/mol. The van der Waals surface area contributed by atoms with Crippen molar-refractivity contribution < 1.29 is 23.9 Å². The van der Waals surface area contributed by atoms with Gasteiger partial charge in [-0.25, -0.2) is 9.59 Å². The molecule has 1 atom stereocenters. The molecule has 4 rings (SSSR count). The van der Waals surface area contributed by atoms with Gasteiger partial charge in [-0.1, -0.05) is 54.6 Å². The Labute approximate surface area is 202 Å². The number of carbonyl (C=O) groups is 3. The standard InChI is InChI=1S/C26H24N4O5/c27-23(28)19-8-10-20(11-9-19)24(31)29-14-17-6-12-21(13-7-17)30-15-22(35-26(30)33)25(32)34-16-18-4-2-1-3-5-18/h1-13,22H,14-16H2,(H3,27,28)(H,29,31). The van der Waals surface area contributed by atoms with Crippen LogP contribution in [-0.4, -0.2) is 36.5 Å². The highest BCUT2D eigenvalue weighted by Crippen LogP contribution is 2.23. The quantitative estimate of drug-likeness (QED) is 0.262. The van der Waals surface area contributed by atoms with E-state index in [-0.39, 0.29) is 31.4 Å². The van der Waals surface area contributed by atoms with Gasteiger partial charge in [-0.3, -0.25) is 15.1 Å².